The second-order valence-corrected chi connectivity index (χ2v) is 9.00. The average Bonchev–Trinajstić information content (AvgIpc) is 3.00. The first-order valence-electron chi connectivity index (χ1n) is 10.3. The molecule has 3 atom stereocenters. The number of aromatic nitrogens is 3. The number of piperidine rings is 1. The maximum atomic E-state index is 12.7. The van der Waals surface area contributed by atoms with Gasteiger partial charge in [-0.05, 0) is 25.3 Å². The molecule has 0 radical (unpaired) electrons. The molecule has 156 valence electrons. The molecule has 4 rings (SSSR count). The summed E-state index contributed by atoms with van der Waals surface area (Å²) >= 11 is 6.38. The highest BCUT2D eigenvalue weighted by Crippen LogP contribution is 2.41. The van der Waals surface area contributed by atoms with Crippen LogP contribution in [-0.4, -0.2) is 45.2 Å². The third kappa shape index (κ3) is 3.85. The lowest BCUT2D eigenvalue weighted by Gasteiger charge is -2.47. The number of halogens is 1. The number of fused-ring (bicyclic) bond motifs is 4. The van der Waals surface area contributed by atoms with Gasteiger partial charge in [-0.1, -0.05) is 31.5 Å². The first-order valence-corrected chi connectivity index (χ1v) is 10.6. The van der Waals surface area contributed by atoms with Gasteiger partial charge in [-0.2, -0.15) is 5.10 Å². The van der Waals surface area contributed by atoms with E-state index in [9.17, 15) is 9.59 Å². The Labute approximate surface area is 175 Å². The van der Waals surface area contributed by atoms with Crippen molar-refractivity contribution in [2.75, 3.05) is 19.6 Å². The lowest BCUT2D eigenvalue weighted by molar-refractivity contribution is -0.124. The van der Waals surface area contributed by atoms with Crippen LogP contribution in [0.25, 0.3) is 0 Å². The molecule has 1 fully saturated rings. The van der Waals surface area contributed by atoms with Crippen LogP contribution in [0.1, 0.15) is 49.3 Å². The minimum Gasteiger partial charge on any atom is -0.354 e. The van der Waals surface area contributed by atoms with E-state index in [1.54, 1.807) is 6.07 Å². The number of nitrogens with zero attached hydrogens (tertiary/aromatic N) is 3. The number of aromatic amines is 1. The van der Waals surface area contributed by atoms with Gasteiger partial charge in [-0.25, -0.2) is 0 Å². The second kappa shape index (κ2) is 7.95. The molecular weight excluding hydrogens is 390 g/mol. The van der Waals surface area contributed by atoms with Crippen LogP contribution in [0.5, 0.6) is 0 Å². The summed E-state index contributed by atoms with van der Waals surface area (Å²) in [6.45, 7) is 8.54. The summed E-state index contributed by atoms with van der Waals surface area (Å²) in [5, 5.41) is 11.0. The number of likely N-dealkylation sites (tertiary alicyclic amines) is 1. The minimum atomic E-state index is -0.0776. The fourth-order valence-corrected chi connectivity index (χ4v) is 4.86. The average molecular weight is 418 g/mol. The number of pyridine rings is 1. The van der Waals surface area contributed by atoms with E-state index in [2.05, 4.69) is 26.5 Å². The van der Waals surface area contributed by atoms with Gasteiger partial charge < -0.3 is 9.88 Å². The van der Waals surface area contributed by atoms with Crippen molar-refractivity contribution in [1.82, 2.24) is 25.0 Å². The van der Waals surface area contributed by atoms with Crippen molar-refractivity contribution in [2.24, 2.45) is 11.8 Å². The van der Waals surface area contributed by atoms with Crippen LogP contribution in [0.3, 0.4) is 0 Å². The lowest BCUT2D eigenvalue weighted by atomic mass is 9.78. The predicted octanol–water partition coefficient (Wildman–Crippen LogP) is 2.47. The van der Waals surface area contributed by atoms with E-state index in [0.717, 1.165) is 36.6 Å². The Balaban J connectivity index is 1.61. The molecule has 2 N–H and O–H groups in total. The quantitative estimate of drug-likeness (QED) is 0.782. The summed E-state index contributed by atoms with van der Waals surface area (Å²) < 4.78 is 1.92. The molecule has 4 heterocycles. The van der Waals surface area contributed by atoms with Crippen LogP contribution in [0.15, 0.2) is 23.0 Å². The molecule has 29 heavy (non-hydrogen) atoms. The Morgan fingerprint density at radius 1 is 1.38 bits per heavy atom. The van der Waals surface area contributed by atoms with Gasteiger partial charge in [0.25, 0.3) is 5.56 Å². The van der Waals surface area contributed by atoms with Crippen molar-refractivity contribution in [1.29, 1.82) is 0 Å². The van der Waals surface area contributed by atoms with Gasteiger partial charge in [0.15, 0.2) is 0 Å². The summed E-state index contributed by atoms with van der Waals surface area (Å²) in [7, 11) is 0. The third-order valence-corrected chi connectivity index (χ3v) is 6.70. The molecule has 0 unspecified atom stereocenters. The molecule has 0 aliphatic carbocycles. The normalized spacial score (nSPS) is 23.8. The van der Waals surface area contributed by atoms with E-state index in [4.69, 9.17) is 11.6 Å². The van der Waals surface area contributed by atoms with Crippen molar-refractivity contribution >= 4 is 17.5 Å². The highest BCUT2D eigenvalue weighted by molar-refractivity contribution is 6.31. The van der Waals surface area contributed by atoms with Gasteiger partial charge in [0, 0.05) is 49.8 Å². The SMILES string of the molecule is Cc1[nH]nc(CN2C[C@H]3C[C@@H](C2)[C@H](CNC(=O)C(C)C)n2c3cccc2=O)c1Cl. The fraction of sp³-hybridized carbons (Fsp3) is 0.571. The van der Waals surface area contributed by atoms with E-state index in [1.165, 1.54) is 0 Å². The first kappa shape index (κ1) is 20.2. The van der Waals surface area contributed by atoms with Crippen molar-refractivity contribution in [3.63, 3.8) is 0 Å². The molecule has 0 spiro atoms. The number of carbonyl (C=O) groups excluding carboxylic acids is 1. The lowest BCUT2D eigenvalue weighted by Crippen LogP contribution is -2.52. The number of rotatable bonds is 5. The third-order valence-electron chi connectivity index (χ3n) is 6.20. The van der Waals surface area contributed by atoms with Crippen molar-refractivity contribution < 1.29 is 4.79 Å². The van der Waals surface area contributed by atoms with Crippen LogP contribution in [-0.2, 0) is 11.3 Å². The highest BCUT2D eigenvalue weighted by Gasteiger charge is 2.40. The zero-order chi connectivity index (χ0) is 20.7. The van der Waals surface area contributed by atoms with Crippen molar-refractivity contribution in [2.45, 2.75) is 45.7 Å². The minimum absolute atomic E-state index is 0.0143. The smallest absolute Gasteiger partial charge is 0.251 e. The van der Waals surface area contributed by atoms with Gasteiger partial charge >= 0.3 is 0 Å². The summed E-state index contributed by atoms with van der Waals surface area (Å²) in [5.74, 6) is 0.515. The molecule has 2 aliphatic heterocycles. The maximum absolute atomic E-state index is 12.7. The maximum Gasteiger partial charge on any atom is 0.251 e. The molecule has 2 aliphatic rings. The van der Waals surface area contributed by atoms with Gasteiger partial charge in [0.05, 0.1) is 22.5 Å². The predicted molar refractivity (Wildman–Crippen MR) is 112 cm³/mol. The van der Waals surface area contributed by atoms with Crippen molar-refractivity contribution in [3.8, 4) is 0 Å². The van der Waals surface area contributed by atoms with Crippen LogP contribution in [0.2, 0.25) is 5.02 Å². The van der Waals surface area contributed by atoms with Crippen LogP contribution in [0.4, 0.5) is 0 Å². The molecule has 7 nitrogen and oxygen atoms in total. The van der Waals surface area contributed by atoms with Gasteiger partial charge in [-0.15, -0.1) is 0 Å². The van der Waals surface area contributed by atoms with Crippen LogP contribution in [0, 0.1) is 18.8 Å². The molecule has 0 aromatic carbocycles. The standard InChI is InChI=1S/C21H28ClN5O2/c1-12(2)21(29)23-8-18-15-7-14(17-5-4-6-19(28)27(17)18)9-26(10-15)11-16-20(22)13(3)24-25-16/h4-6,12,14-15,18H,7-11H2,1-3H3,(H,23,29)(H,24,25)/t14-,15+,18+/m1/s1. The molecule has 2 aromatic rings. The fourth-order valence-electron chi connectivity index (χ4n) is 4.72. The molecule has 8 heteroatoms. The monoisotopic (exact) mass is 417 g/mol. The second-order valence-electron chi connectivity index (χ2n) is 8.62. The molecule has 1 amide bonds. The highest BCUT2D eigenvalue weighted by atomic mass is 35.5. The Morgan fingerprint density at radius 2 is 2.17 bits per heavy atom. The topological polar surface area (TPSA) is 83.0 Å². The molecule has 2 aromatic heterocycles. The zero-order valence-electron chi connectivity index (χ0n) is 17.1. The van der Waals surface area contributed by atoms with Gasteiger partial charge in [0.2, 0.25) is 5.91 Å². The number of carbonyl (C=O) groups is 1. The number of nitrogens with one attached hydrogen (secondary N) is 2. The van der Waals surface area contributed by atoms with E-state index in [1.807, 2.05) is 31.4 Å². The molecule has 1 saturated heterocycles. The van der Waals surface area contributed by atoms with E-state index < -0.39 is 0 Å². The van der Waals surface area contributed by atoms with E-state index >= 15 is 0 Å². The number of amides is 1. The van der Waals surface area contributed by atoms with Crippen LogP contribution < -0.4 is 10.9 Å². The Bertz CT molecular complexity index is 966. The number of aryl methyl sites for hydroxylation is 1. The van der Waals surface area contributed by atoms with Gasteiger partial charge in [0.1, 0.15) is 0 Å². The number of hydrogen-bond donors (Lipinski definition) is 2. The Morgan fingerprint density at radius 3 is 2.86 bits per heavy atom. The van der Waals surface area contributed by atoms with E-state index in [-0.39, 0.29) is 29.3 Å². The van der Waals surface area contributed by atoms with Crippen molar-refractivity contribution in [3.05, 3.63) is 50.7 Å². The van der Waals surface area contributed by atoms with Crippen LogP contribution >= 0.6 is 11.6 Å². The zero-order valence-corrected chi connectivity index (χ0v) is 17.9. The largest absolute Gasteiger partial charge is 0.354 e. The number of hydrogen-bond acceptors (Lipinski definition) is 4. The summed E-state index contributed by atoms with van der Waals surface area (Å²) in [5.41, 5.74) is 2.82. The summed E-state index contributed by atoms with van der Waals surface area (Å²) in [6.07, 6.45) is 1.02. The number of H-pyrrole nitrogens is 1. The van der Waals surface area contributed by atoms with Gasteiger partial charge in [-0.3, -0.25) is 19.6 Å². The molecular formula is C21H28ClN5O2. The Hall–Kier alpha value is -2.12. The van der Waals surface area contributed by atoms with E-state index in [0.29, 0.717) is 24.0 Å². The molecule has 2 bridgehead atoms. The first-order chi connectivity index (χ1) is 13.8. The Kier molecular flexibility index (Phi) is 5.53. The summed E-state index contributed by atoms with van der Waals surface area (Å²) in [6, 6.07) is 5.46. The summed E-state index contributed by atoms with van der Waals surface area (Å²) in [4.78, 5) is 27.2. The molecule has 0 saturated carbocycles.